The van der Waals surface area contributed by atoms with Crippen molar-refractivity contribution in [2.75, 3.05) is 11.9 Å². The lowest BCUT2D eigenvalue weighted by Gasteiger charge is -2.23. The molecule has 0 radical (unpaired) electrons. The molecule has 6 nitrogen and oxygen atoms in total. The maximum Gasteiger partial charge on any atom is 0.220 e. The van der Waals surface area contributed by atoms with Gasteiger partial charge in [0.2, 0.25) is 5.91 Å². The van der Waals surface area contributed by atoms with Gasteiger partial charge in [0.15, 0.2) is 11.5 Å². The van der Waals surface area contributed by atoms with E-state index in [0.717, 1.165) is 6.42 Å². The number of amides is 1. The van der Waals surface area contributed by atoms with Crippen LogP contribution in [-0.4, -0.2) is 28.5 Å². The molecular formula is C10H11N5O. The second kappa shape index (κ2) is 4.57. The zero-order valence-corrected chi connectivity index (χ0v) is 8.60. The number of rotatable bonds is 2. The molecule has 2 heterocycles. The van der Waals surface area contributed by atoms with Gasteiger partial charge in [-0.05, 0) is 6.42 Å². The highest BCUT2D eigenvalue weighted by Gasteiger charge is 2.19. The fourth-order valence-corrected chi connectivity index (χ4v) is 1.57. The van der Waals surface area contributed by atoms with Gasteiger partial charge in [0.25, 0.3) is 0 Å². The van der Waals surface area contributed by atoms with Crippen LogP contribution in [0.1, 0.15) is 18.5 Å². The number of piperidine rings is 1. The van der Waals surface area contributed by atoms with Crippen LogP contribution >= 0.6 is 0 Å². The number of hydrogen-bond acceptors (Lipinski definition) is 5. The van der Waals surface area contributed by atoms with E-state index < -0.39 is 0 Å². The summed E-state index contributed by atoms with van der Waals surface area (Å²) in [4.78, 5) is 18.9. The first kappa shape index (κ1) is 10.4. The topological polar surface area (TPSA) is 90.7 Å². The number of carbonyl (C=O) groups excluding carboxylic acids is 1. The van der Waals surface area contributed by atoms with E-state index in [2.05, 4.69) is 20.6 Å². The molecule has 1 unspecified atom stereocenters. The highest BCUT2D eigenvalue weighted by atomic mass is 16.1. The predicted molar refractivity (Wildman–Crippen MR) is 56.4 cm³/mol. The van der Waals surface area contributed by atoms with Gasteiger partial charge in [-0.1, -0.05) is 0 Å². The minimum atomic E-state index is 0.0673. The van der Waals surface area contributed by atoms with Crippen LogP contribution in [0.5, 0.6) is 0 Å². The summed E-state index contributed by atoms with van der Waals surface area (Å²) in [6.45, 7) is 0.556. The molecule has 6 heteroatoms. The first-order chi connectivity index (χ1) is 7.79. The van der Waals surface area contributed by atoms with Crippen LogP contribution in [0, 0.1) is 11.3 Å². The van der Waals surface area contributed by atoms with Crippen molar-refractivity contribution in [3.63, 3.8) is 0 Å². The van der Waals surface area contributed by atoms with Crippen molar-refractivity contribution in [3.8, 4) is 6.07 Å². The monoisotopic (exact) mass is 217 g/mol. The Morgan fingerprint density at radius 1 is 1.50 bits per heavy atom. The molecule has 0 aliphatic carbocycles. The summed E-state index contributed by atoms with van der Waals surface area (Å²) in [7, 11) is 0. The molecule has 0 saturated carbocycles. The van der Waals surface area contributed by atoms with Crippen molar-refractivity contribution in [1.82, 2.24) is 15.3 Å². The number of nitrogens with one attached hydrogen (secondary N) is 2. The Morgan fingerprint density at radius 2 is 2.31 bits per heavy atom. The van der Waals surface area contributed by atoms with Gasteiger partial charge in [-0.25, -0.2) is 9.97 Å². The van der Waals surface area contributed by atoms with Crippen LogP contribution < -0.4 is 10.6 Å². The number of nitriles is 1. The summed E-state index contributed by atoms with van der Waals surface area (Å²) in [5, 5.41) is 14.7. The van der Waals surface area contributed by atoms with Gasteiger partial charge in [0.1, 0.15) is 6.07 Å². The third-order valence-corrected chi connectivity index (χ3v) is 2.41. The fraction of sp³-hybridized carbons (Fsp3) is 0.400. The SMILES string of the molecule is N#Cc1nccnc1NC1CCC(=O)NC1. The van der Waals surface area contributed by atoms with Gasteiger partial charge < -0.3 is 10.6 Å². The summed E-state index contributed by atoms with van der Waals surface area (Å²) in [6, 6.07) is 2.08. The smallest absolute Gasteiger partial charge is 0.220 e. The largest absolute Gasteiger partial charge is 0.363 e. The third-order valence-electron chi connectivity index (χ3n) is 2.41. The second-order valence-electron chi connectivity index (χ2n) is 3.55. The Kier molecular flexibility index (Phi) is 2.96. The molecule has 1 amide bonds. The lowest BCUT2D eigenvalue weighted by Crippen LogP contribution is -2.42. The Hall–Kier alpha value is -2.16. The summed E-state index contributed by atoms with van der Waals surface area (Å²) in [5.41, 5.74) is 0.277. The van der Waals surface area contributed by atoms with Gasteiger partial charge in [0.05, 0.1) is 0 Å². The molecule has 1 fully saturated rings. The quantitative estimate of drug-likeness (QED) is 0.729. The molecule has 16 heavy (non-hydrogen) atoms. The molecule has 2 rings (SSSR count). The average molecular weight is 217 g/mol. The van der Waals surface area contributed by atoms with Crippen molar-refractivity contribution in [3.05, 3.63) is 18.1 Å². The lowest BCUT2D eigenvalue weighted by atomic mass is 10.1. The van der Waals surface area contributed by atoms with E-state index in [1.807, 2.05) is 6.07 Å². The van der Waals surface area contributed by atoms with Crippen LogP contribution in [0.15, 0.2) is 12.4 Å². The van der Waals surface area contributed by atoms with Gasteiger partial charge in [-0.15, -0.1) is 0 Å². The predicted octanol–water partition coefficient (Wildman–Crippen LogP) is 0.0388. The van der Waals surface area contributed by atoms with E-state index in [0.29, 0.717) is 18.8 Å². The minimum Gasteiger partial charge on any atom is -0.363 e. The van der Waals surface area contributed by atoms with Gasteiger partial charge in [-0.2, -0.15) is 5.26 Å². The van der Waals surface area contributed by atoms with E-state index in [-0.39, 0.29) is 17.6 Å². The maximum absolute atomic E-state index is 11.0. The van der Waals surface area contributed by atoms with E-state index in [9.17, 15) is 4.79 Å². The third kappa shape index (κ3) is 2.25. The molecule has 1 saturated heterocycles. The normalized spacial score (nSPS) is 19.7. The van der Waals surface area contributed by atoms with Crippen molar-refractivity contribution in [2.24, 2.45) is 0 Å². The summed E-state index contributed by atoms with van der Waals surface area (Å²) in [5.74, 6) is 0.545. The molecule has 1 aliphatic rings. The molecule has 2 N–H and O–H groups in total. The van der Waals surface area contributed by atoms with Gasteiger partial charge in [0, 0.05) is 31.4 Å². The zero-order valence-electron chi connectivity index (χ0n) is 8.60. The molecule has 0 spiro atoms. The van der Waals surface area contributed by atoms with Gasteiger partial charge >= 0.3 is 0 Å². The zero-order chi connectivity index (χ0) is 11.4. The first-order valence-corrected chi connectivity index (χ1v) is 5.04. The number of aromatic nitrogens is 2. The van der Waals surface area contributed by atoms with E-state index in [1.165, 1.54) is 12.4 Å². The molecule has 0 aromatic carbocycles. The molecule has 1 atom stereocenters. The van der Waals surface area contributed by atoms with Crippen molar-refractivity contribution in [2.45, 2.75) is 18.9 Å². The maximum atomic E-state index is 11.0. The molecular weight excluding hydrogens is 206 g/mol. The van der Waals surface area contributed by atoms with Gasteiger partial charge in [-0.3, -0.25) is 4.79 Å². The Labute approximate surface area is 92.7 Å². The van der Waals surface area contributed by atoms with E-state index >= 15 is 0 Å². The highest BCUT2D eigenvalue weighted by Crippen LogP contribution is 2.12. The van der Waals surface area contributed by atoms with E-state index in [1.54, 1.807) is 0 Å². The average Bonchev–Trinajstić information content (AvgIpc) is 2.33. The highest BCUT2D eigenvalue weighted by molar-refractivity contribution is 5.77. The molecule has 1 aromatic heterocycles. The standard InChI is InChI=1S/C10H11N5O/c11-5-8-10(13-4-3-12-8)15-7-1-2-9(16)14-6-7/h3-4,7H,1-2,6H2,(H,13,15)(H,14,16). The fourth-order valence-electron chi connectivity index (χ4n) is 1.57. The Morgan fingerprint density at radius 3 is 3.00 bits per heavy atom. The lowest BCUT2D eigenvalue weighted by molar-refractivity contribution is -0.122. The number of nitrogens with zero attached hydrogens (tertiary/aromatic N) is 3. The summed E-state index contributed by atoms with van der Waals surface area (Å²) in [6.07, 6.45) is 4.25. The number of carbonyl (C=O) groups is 1. The van der Waals surface area contributed by atoms with Crippen molar-refractivity contribution >= 4 is 11.7 Å². The first-order valence-electron chi connectivity index (χ1n) is 5.04. The van der Waals surface area contributed by atoms with Crippen LogP contribution in [0.2, 0.25) is 0 Å². The summed E-state index contributed by atoms with van der Waals surface area (Å²) < 4.78 is 0. The Bertz CT molecular complexity index is 429. The minimum absolute atomic E-state index is 0.0673. The molecule has 82 valence electrons. The molecule has 0 bridgehead atoms. The summed E-state index contributed by atoms with van der Waals surface area (Å²) >= 11 is 0. The van der Waals surface area contributed by atoms with Crippen LogP contribution in [0.25, 0.3) is 0 Å². The number of hydrogen-bond donors (Lipinski definition) is 2. The van der Waals surface area contributed by atoms with Crippen molar-refractivity contribution in [1.29, 1.82) is 5.26 Å². The van der Waals surface area contributed by atoms with Crippen LogP contribution in [0.3, 0.4) is 0 Å². The van der Waals surface area contributed by atoms with E-state index in [4.69, 9.17) is 5.26 Å². The van der Waals surface area contributed by atoms with Crippen molar-refractivity contribution < 1.29 is 4.79 Å². The second-order valence-corrected chi connectivity index (χ2v) is 3.55. The Balaban J connectivity index is 2.04. The van der Waals surface area contributed by atoms with Crippen LogP contribution in [-0.2, 0) is 4.79 Å². The molecule has 1 aliphatic heterocycles. The van der Waals surface area contributed by atoms with Crippen LogP contribution in [0.4, 0.5) is 5.82 Å². The number of anilines is 1. The molecule has 1 aromatic rings.